The van der Waals surface area contributed by atoms with Gasteiger partial charge in [0, 0.05) is 6.42 Å². The van der Waals surface area contributed by atoms with Gasteiger partial charge in [-0.25, -0.2) is 14.4 Å². The highest BCUT2D eigenvalue weighted by Gasteiger charge is 2.42. The van der Waals surface area contributed by atoms with Crippen LogP contribution in [0.25, 0.3) is 0 Å². The maximum atomic E-state index is 13.1. The van der Waals surface area contributed by atoms with Gasteiger partial charge < -0.3 is 19.3 Å². The molecule has 0 saturated heterocycles. The Morgan fingerprint density at radius 1 is 0.806 bits per heavy atom. The summed E-state index contributed by atoms with van der Waals surface area (Å²) < 4.78 is 15.7. The Balaban J connectivity index is 6.52. The molecular formula is C26H45NO7Si2. The number of rotatable bonds is 5. The molecule has 0 radical (unpaired) electrons. The van der Waals surface area contributed by atoms with Gasteiger partial charge in [-0.05, 0) is 48.0 Å². The van der Waals surface area contributed by atoms with Gasteiger partial charge in [0.2, 0.25) is 0 Å². The zero-order chi connectivity index (χ0) is 28.8. The van der Waals surface area contributed by atoms with Crippen molar-refractivity contribution in [1.29, 1.82) is 0 Å². The van der Waals surface area contributed by atoms with Crippen LogP contribution in [0.15, 0.2) is 0 Å². The fourth-order valence-corrected chi connectivity index (χ4v) is 3.69. The van der Waals surface area contributed by atoms with E-state index in [1.807, 2.05) is 39.3 Å². The average molecular weight is 540 g/mol. The minimum Gasteiger partial charge on any atom is -0.467 e. The number of methoxy groups -OCH3 is 1. The molecule has 0 spiro atoms. The zero-order valence-corrected chi connectivity index (χ0v) is 26.3. The molecule has 0 bridgehead atoms. The van der Waals surface area contributed by atoms with E-state index in [1.54, 1.807) is 41.5 Å². The van der Waals surface area contributed by atoms with Crippen LogP contribution in [0.3, 0.4) is 0 Å². The molecule has 0 heterocycles. The normalized spacial score (nSPS) is 13.3. The SMILES string of the molecule is COC(=O)[C@H](CCC(O)(C#C[Si](C)(C)C)C#C[Si](C)(C)C)N(C(=O)OC(C)(C)C)C(=O)OC(C)(C)C. The average Bonchev–Trinajstić information content (AvgIpc) is 2.63. The number of aliphatic hydroxyl groups is 1. The summed E-state index contributed by atoms with van der Waals surface area (Å²) in [7, 11) is -2.58. The third kappa shape index (κ3) is 14.3. The van der Waals surface area contributed by atoms with Gasteiger partial charge >= 0.3 is 18.2 Å². The van der Waals surface area contributed by atoms with E-state index < -0.39 is 57.1 Å². The van der Waals surface area contributed by atoms with Crippen LogP contribution in [0.1, 0.15) is 54.4 Å². The third-order valence-electron chi connectivity index (χ3n) is 4.03. The fraction of sp³-hybridized carbons (Fsp3) is 0.731. The van der Waals surface area contributed by atoms with Crippen molar-refractivity contribution >= 4 is 34.3 Å². The number of carbonyl (C=O) groups is 3. The van der Waals surface area contributed by atoms with E-state index in [2.05, 4.69) is 22.9 Å². The van der Waals surface area contributed by atoms with E-state index in [4.69, 9.17) is 14.2 Å². The largest absolute Gasteiger partial charge is 0.467 e. The first-order valence-electron chi connectivity index (χ1n) is 12.0. The van der Waals surface area contributed by atoms with Gasteiger partial charge in [-0.1, -0.05) is 51.1 Å². The maximum absolute atomic E-state index is 13.1. The van der Waals surface area contributed by atoms with Crippen molar-refractivity contribution in [2.75, 3.05) is 7.11 Å². The molecule has 0 aromatic carbocycles. The summed E-state index contributed by atoms with van der Waals surface area (Å²) >= 11 is 0. The van der Waals surface area contributed by atoms with Gasteiger partial charge in [0.1, 0.15) is 33.4 Å². The van der Waals surface area contributed by atoms with Gasteiger partial charge in [-0.2, -0.15) is 4.90 Å². The van der Waals surface area contributed by atoms with Crippen molar-refractivity contribution in [1.82, 2.24) is 4.90 Å². The van der Waals surface area contributed by atoms with Gasteiger partial charge in [-0.3, -0.25) is 0 Å². The van der Waals surface area contributed by atoms with Crippen LogP contribution in [-0.2, 0) is 19.0 Å². The second-order valence-electron chi connectivity index (χ2n) is 12.8. The number of esters is 1. The Kier molecular flexibility index (Phi) is 11.5. The Bertz CT molecular complexity index is 867. The van der Waals surface area contributed by atoms with Crippen molar-refractivity contribution in [3.05, 3.63) is 0 Å². The Hall–Kier alpha value is -2.28. The quantitative estimate of drug-likeness (QED) is 0.228. The van der Waals surface area contributed by atoms with Crippen molar-refractivity contribution < 1.29 is 33.7 Å². The number of carbonyl (C=O) groups excluding carboxylic acids is 3. The van der Waals surface area contributed by atoms with Crippen LogP contribution in [0.2, 0.25) is 39.3 Å². The van der Waals surface area contributed by atoms with Crippen LogP contribution in [0.5, 0.6) is 0 Å². The molecule has 1 N–H and O–H groups in total. The molecular weight excluding hydrogens is 494 g/mol. The second kappa shape index (κ2) is 12.3. The zero-order valence-electron chi connectivity index (χ0n) is 24.3. The molecule has 0 rings (SSSR count). The number of amides is 2. The molecule has 0 unspecified atom stereocenters. The van der Waals surface area contributed by atoms with Crippen LogP contribution in [-0.4, -0.2) is 74.3 Å². The van der Waals surface area contributed by atoms with E-state index >= 15 is 0 Å². The molecule has 1 atom stereocenters. The molecule has 0 aromatic rings. The lowest BCUT2D eigenvalue weighted by Gasteiger charge is -2.32. The number of nitrogens with zero attached hydrogens (tertiary/aromatic N) is 1. The molecule has 0 aromatic heterocycles. The molecule has 0 saturated carbocycles. The summed E-state index contributed by atoms with van der Waals surface area (Å²) in [6.45, 7) is 22.1. The molecule has 8 nitrogen and oxygen atoms in total. The van der Waals surface area contributed by atoms with Gasteiger partial charge in [0.15, 0.2) is 5.60 Å². The molecule has 0 aliphatic rings. The number of hydrogen-bond acceptors (Lipinski definition) is 7. The number of imide groups is 1. The lowest BCUT2D eigenvalue weighted by atomic mass is 9.96. The monoisotopic (exact) mass is 539 g/mol. The van der Waals surface area contributed by atoms with Crippen LogP contribution in [0.4, 0.5) is 9.59 Å². The molecule has 36 heavy (non-hydrogen) atoms. The minimum atomic E-state index is -1.87. The van der Waals surface area contributed by atoms with Crippen molar-refractivity contribution in [2.24, 2.45) is 0 Å². The van der Waals surface area contributed by atoms with Crippen LogP contribution >= 0.6 is 0 Å². The summed E-state index contributed by atoms with van der Waals surface area (Å²) in [5, 5.41) is 11.4. The number of hydrogen-bond donors (Lipinski definition) is 1. The molecule has 2 amide bonds. The first-order valence-corrected chi connectivity index (χ1v) is 19.0. The van der Waals surface area contributed by atoms with Crippen LogP contribution in [0, 0.1) is 22.9 Å². The fourth-order valence-electron chi connectivity index (χ4n) is 2.52. The molecule has 0 aliphatic heterocycles. The predicted molar refractivity (Wildman–Crippen MR) is 147 cm³/mol. The van der Waals surface area contributed by atoms with E-state index in [0.29, 0.717) is 4.90 Å². The highest BCUT2D eigenvalue weighted by molar-refractivity contribution is 6.84. The molecule has 10 heteroatoms. The minimum absolute atomic E-state index is 0.107. The van der Waals surface area contributed by atoms with E-state index in [0.717, 1.165) is 7.11 Å². The molecule has 204 valence electrons. The van der Waals surface area contributed by atoms with Gasteiger partial charge in [0.05, 0.1) is 7.11 Å². The second-order valence-corrected chi connectivity index (χ2v) is 22.3. The summed E-state index contributed by atoms with van der Waals surface area (Å²) in [5.74, 6) is 4.96. The Morgan fingerprint density at radius 3 is 1.44 bits per heavy atom. The number of ether oxygens (including phenoxy) is 3. The van der Waals surface area contributed by atoms with E-state index in [1.165, 1.54) is 0 Å². The maximum Gasteiger partial charge on any atom is 0.420 e. The van der Waals surface area contributed by atoms with Crippen molar-refractivity contribution in [3.63, 3.8) is 0 Å². The van der Waals surface area contributed by atoms with Gasteiger partial charge in [-0.15, -0.1) is 11.1 Å². The molecule has 0 aliphatic carbocycles. The smallest absolute Gasteiger partial charge is 0.420 e. The highest BCUT2D eigenvalue weighted by Crippen LogP contribution is 2.23. The van der Waals surface area contributed by atoms with Crippen LogP contribution < -0.4 is 0 Å². The predicted octanol–water partition coefficient (Wildman–Crippen LogP) is 4.97. The van der Waals surface area contributed by atoms with E-state index in [-0.39, 0.29) is 12.8 Å². The van der Waals surface area contributed by atoms with Gasteiger partial charge in [0.25, 0.3) is 0 Å². The Labute approximate surface area is 219 Å². The summed E-state index contributed by atoms with van der Waals surface area (Å²) in [6, 6.07) is -1.42. The third-order valence-corrected chi connectivity index (χ3v) is 5.78. The Morgan fingerprint density at radius 2 is 1.17 bits per heavy atom. The first kappa shape index (κ1) is 33.7. The highest BCUT2D eigenvalue weighted by atomic mass is 28.3. The van der Waals surface area contributed by atoms with Crippen molar-refractivity contribution in [2.45, 2.75) is 117 Å². The first-order chi connectivity index (χ1) is 15.9. The molecule has 0 fully saturated rings. The topological polar surface area (TPSA) is 102 Å². The van der Waals surface area contributed by atoms with Crippen molar-refractivity contribution in [3.8, 4) is 22.9 Å². The van der Waals surface area contributed by atoms with E-state index in [9.17, 15) is 19.5 Å². The standard InChI is InChI=1S/C26H45NO7Si2/c1-24(2,3)33-22(29)27(23(30)34-25(4,5)6)20(21(28)32-7)14-15-26(31,16-18-35(8,9)10)17-19-36(11,12)13/h20,31H,14-15H2,1-13H3/t20-/m0/s1. The summed E-state index contributed by atoms with van der Waals surface area (Å²) in [6.07, 6.45) is -2.39. The summed E-state index contributed by atoms with van der Waals surface area (Å²) in [5.41, 5.74) is 2.67. The lowest BCUT2D eigenvalue weighted by Crippen LogP contribution is -2.52. The summed E-state index contributed by atoms with van der Waals surface area (Å²) in [4.78, 5) is 39.6. The lowest BCUT2D eigenvalue weighted by molar-refractivity contribution is -0.147.